The minimum Gasteiger partial charge on any atom is -0.334 e. The zero-order valence-corrected chi connectivity index (χ0v) is 12.6. The molecular weight excluding hydrogens is 290 g/mol. The van der Waals surface area contributed by atoms with Crippen LogP contribution >= 0.6 is 0 Å². The fraction of sp³-hybridized carbons (Fsp3) is 0.357. The van der Waals surface area contributed by atoms with Gasteiger partial charge in [0.05, 0.1) is 4.90 Å². The van der Waals surface area contributed by atoms with E-state index >= 15 is 0 Å². The highest BCUT2D eigenvalue weighted by molar-refractivity contribution is 7.89. The number of urea groups is 1. The fourth-order valence-corrected chi connectivity index (χ4v) is 2.38. The van der Waals surface area contributed by atoms with Crippen LogP contribution in [0.3, 0.4) is 0 Å². The number of allylic oxidation sites excluding steroid dienone is 1. The van der Waals surface area contributed by atoms with E-state index < -0.39 is 10.0 Å². The Balaban J connectivity index is 1.82. The Labute approximate surface area is 124 Å². The lowest BCUT2D eigenvalue weighted by molar-refractivity contribution is 0.243. The van der Waals surface area contributed by atoms with Crippen molar-refractivity contribution in [2.24, 2.45) is 11.1 Å². The number of carbonyl (C=O) groups is 1. The first-order chi connectivity index (χ1) is 9.86. The molecule has 1 aromatic carbocycles. The van der Waals surface area contributed by atoms with Crippen molar-refractivity contribution in [3.63, 3.8) is 0 Å². The zero-order chi connectivity index (χ0) is 15.5. The summed E-state index contributed by atoms with van der Waals surface area (Å²) in [6.45, 7) is 2.32. The van der Waals surface area contributed by atoms with Crippen molar-refractivity contribution in [2.45, 2.75) is 31.2 Å². The van der Waals surface area contributed by atoms with Gasteiger partial charge in [0.25, 0.3) is 0 Å². The van der Waals surface area contributed by atoms with Gasteiger partial charge in [-0.05, 0) is 43.4 Å². The molecular formula is C14H19N3O3S. The van der Waals surface area contributed by atoms with Gasteiger partial charge in [-0.1, -0.05) is 17.7 Å². The normalized spacial score (nSPS) is 15.6. The molecule has 0 atom stereocenters. The van der Waals surface area contributed by atoms with E-state index in [1.807, 2.05) is 6.92 Å². The lowest BCUT2D eigenvalue weighted by Crippen LogP contribution is -2.31. The molecule has 1 aliphatic rings. The number of nitrogens with two attached hydrogens (primary N) is 1. The quantitative estimate of drug-likeness (QED) is 0.767. The minimum atomic E-state index is -3.68. The number of carbonyl (C=O) groups excluding carboxylic acids is 1. The molecule has 21 heavy (non-hydrogen) atoms. The number of primary sulfonamides is 1. The first-order valence-electron chi connectivity index (χ1n) is 6.69. The van der Waals surface area contributed by atoms with Gasteiger partial charge >= 0.3 is 6.03 Å². The molecule has 1 aliphatic carbocycles. The minimum absolute atomic E-state index is 0.0543. The molecule has 0 saturated heterocycles. The van der Waals surface area contributed by atoms with Gasteiger partial charge in [-0.25, -0.2) is 18.4 Å². The van der Waals surface area contributed by atoms with E-state index in [9.17, 15) is 13.2 Å². The van der Waals surface area contributed by atoms with Gasteiger partial charge < -0.3 is 10.6 Å². The van der Waals surface area contributed by atoms with E-state index in [1.165, 1.54) is 30.5 Å². The summed E-state index contributed by atoms with van der Waals surface area (Å²) in [5, 5.41) is 10.4. The largest absolute Gasteiger partial charge is 0.334 e. The third-order valence-corrected chi connectivity index (χ3v) is 4.29. The van der Waals surface area contributed by atoms with Crippen molar-refractivity contribution >= 4 is 16.1 Å². The van der Waals surface area contributed by atoms with E-state index in [-0.39, 0.29) is 10.9 Å². The predicted molar refractivity (Wildman–Crippen MR) is 79.7 cm³/mol. The lowest BCUT2D eigenvalue weighted by Gasteiger charge is -2.06. The van der Waals surface area contributed by atoms with Gasteiger partial charge in [-0.15, -0.1) is 0 Å². The van der Waals surface area contributed by atoms with Crippen molar-refractivity contribution in [3.8, 4) is 0 Å². The van der Waals surface area contributed by atoms with Gasteiger partial charge in [0.2, 0.25) is 10.0 Å². The van der Waals surface area contributed by atoms with Crippen molar-refractivity contribution < 1.29 is 13.2 Å². The van der Waals surface area contributed by atoms with E-state index in [2.05, 4.69) is 10.6 Å². The van der Waals surface area contributed by atoms with E-state index in [1.54, 1.807) is 18.3 Å². The van der Waals surface area contributed by atoms with Gasteiger partial charge in [0, 0.05) is 12.7 Å². The van der Waals surface area contributed by atoms with Crippen molar-refractivity contribution in [2.75, 3.05) is 0 Å². The summed E-state index contributed by atoms with van der Waals surface area (Å²) in [5.74, 6) is 0.621. The number of rotatable bonds is 5. The lowest BCUT2D eigenvalue weighted by atomic mass is 10.2. The van der Waals surface area contributed by atoms with Crippen molar-refractivity contribution in [3.05, 3.63) is 41.6 Å². The van der Waals surface area contributed by atoms with Gasteiger partial charge in [0.15, 0.2) is 0 Å². The van der Waals surface area contributed by atoms with Crippen LogP contribution in [0.2, 0.25) is 0 Å². The SMILES string of the molecule is C/C(=C\NC(=O)NCc1ccc(S(N)(=O)=O)cc1)C1CC1. The maximum Gasteiger partial charge on any atom is 0.319 e. The van der Waals surface area contributed by atoms with Crippen LogP contribution in [0, 0.1) is 5.92 Å². The average Bonchev–Trinajstić information content (AvgIpc) is 3.26. The summed E-state index contributed by atoms with van der Waals surface area (Å²) in [6.07, 6.45) is 4.13. The second-order valence-electron chi connectivity index (χ2n) is 5.18. The number of sulfonamides is 1. The second kappa shape index (κ2) is 6.28. The van der Waals surface area contributed by atoms with E-state index in [4.69, 9.17) is 5.14 Å². The Bertz CT molecular complexity index is 647. The Kier molecular flexibility index (Phi) is 4.64. The predicted octanol–water partition coefficient (Wildman–Crippen LogP) is 1.45. The Morgan fingerprint density at radius 3 is 2.48 bits per heavy atom. The summed E-state index contributed by atoms with van der Waals surface area (Å²) in [5.41, 5.74) is 1.98. The first kappa shape index (κ1) is 15.5. The molecule has 114 valence electrons. The van der Waals surface area contributed by atoms with E-state index in [0.717, 1.165) is 5.56 Å². The van der Waals surface area contributed by atoms with Gasteiger partial charge in [-0.3, -0.25) is 0 Å². The number of benzene rings is 1. The standard InChI is InChI=1S/C14H19N3O3S/c1-10(12-4-5-12)8-16-14(18)17-9-11-2-6-13(7-3-11)21(15,19)20/h2-3,6-8,12H,4-5,9H2,1H3,(H2,15,19,20)(H2,16,17,18)/b10-8+. The molecule has 1 fully saturated rings. The Morgan fingerprint density at radius 2 is 1.95 bits per heavy atom. The highest BCUT2D eigenvalue weighted by atomic mass is 32.2. The average molecular weight is 309 g/mol. The summed E-state index contributed by atoms with van der Waals surface area (Å²) < 4.78 is 22.2. The topological polar surface area (TPSA) is 101 Å². The van der Waals surface area contributed by atoms with Crippen LogP contribution in [0.1, 0.15) is 25.3 Å². The molecule has 4 N–H and O–H groups in total. The van der Waals surface area contributed by atoms with Crippen LogP contribution < -0.4 is 15.8 Å². The molecule has 6 nitrogen and oxygen atoms in total. The van der Waals surface area contributed by atoms with Crippen LogP contribution in [0.25, 0.3) is 0 Å². The smallest absolute Gasteiger partial charge is 0.319 e. The third kappa shape index (κ3) is 4.87. The van der Waals surface area contributed by atoms with Crippen LogP contribution in [-0.2, 0) is 16.6 Å². The maximum absolute atomic E-state index is 11.6. The molecule has 0 spiro atoms. The van der Waals surface area contributed by atoms with Crippen molar-refractivity contribution in [1.29, 1.82) is 0 Å². The third-order valence-electron chi connectivity index (χ3n) is 3.36. The molecule has 0 radical (unpaired) electrons. The number of amides is 2. The molecule has 2 amide bonds. The van der Waals surface area contributed by atoms with E-state index in [0.29, 0.717) is 12.5 Å². The molecule has 0 unspecified atom stereocenters. The zero-order valence-electron chi connectivity index (χ0n) is 11.8. The molecule has 7 heteroatoms. The van der Waals surface area contributed by atoms with Crippen LogP contribution in [0.15, 0.2) is 40.9 Å². The second-order valence-corrected chi connectivity index (χ2v) is 6.74. The molecule has 0 bridgehead atoms. The Morgan fingerprint density at radius 1 is 1.33 bits per heavy atom. The highest BCUT2D eigenvalue weighted by Gasteiger charge is 2.22. The number of hydrogen-bond donors (Lipinski definition) is 3. The number of hydrogen-bond acceptors (Lipinski definition) is 3. The summed E-state index contributed by atoms with van der Waals surface area (Å²) in [6, 6.07) is 5.78. The molecule has 1 saturated carbocycles. The maximum atomic E-state index is 11.6. The molecule has 0 aliphatic heterocycles. The fourth-order valence-electron chi connectivity index (χ4n) is 1.87. The van der Waals surface area contributed by atoms with Crippen molar-refractivity contribution in [1.82, 2.24) is 10.6 Å². The van der Waals surface area contributed by atoms with Crippen LogP contribution in [-0.4, -0.2) is 14.4 Å². The van der Waals surface area contributed by atoms with Gasteiger partial charge in [0.1, 0.15) is 0 Å². The highest BCUT2D eigenvalue weighted by Crippen LogP contribution is 2.35. The summed E-state index contributed by atoms with van der Waals surface area (Å²) >= 11 is 0. The van der Waals surface area contributed by atoms with Crippen LogP contribution in [0.5, 0.6) is 0 Å². The Hall–Kier alpha value is -1.86. The molecule has 0 heterocycles. The first-order valence-corrected chi connectivity index (χ1v) is 8.23. The van der Waals surface area contributed by atoms with Crippen LogP contribution in [0.4, 0.5) is 4.79 Å². The molecule has 0 aromatic heterocycles. The molecule has 2 rings (SSSR count). The monoisotopic (exact) mass is 309 g/mol. The summed E-state index contributed by atoms with van der Waals surface area (Å²) in [7, 11) is -3.68. The number of nitrogens with one attached hydrogen (secondary N) is 2. The molecule has 1 aromatic rings. The van der Waals surface area contributed by atoms with Gasteiger partial charge in [-0.2, -0.15) is 0 Å². The summed E-state index contributed by atoms with van der Waals surface area (Å²) in [4.78, 5) is 11.7.